The maximum Gasteiger partial charge on any atom is 0.419 e. The molecule has 1 saturated heterocycles. The van der Waals surface area contributed by atoms with Crippen LogP contribution < -0.4 is 20.1 Å². The van der Waals surface area contributed by atoms with E-state index in [2.05, 4.69) is 20.3 Å². The summed E-state index contributed by atoms with van der Waals surface area (Å²) < 4.78 is 91.0. The number of benzene rings is 2. The highest BCUT2D eigenvalue weighted by Gasteiger charge is 2.63. The van der Waals surface area contributed by atoms with Gasteiger partial charge in [-0.3, -0.25) is 23.7 Å². The first kappa shape index (κ1) is 39.6. The number of rotatable bonds is 8. The average Bonchev–Trinajstić information content (AvgIpc) is 3.95. The zero-order valence-electron chi connectivity index (χ0n) is 31.4. The van der Waals surface area contributed by atoms with Gasteiger partial charge in [-0.2, -0.15) is 18.2 Å². The molecule has 3 fully saturated rings. The van der Waals surface area contributed by atoms with Gasteiger partial charge in [-0.15, -0.1) is 0 Å². The van der Waals surface area contributed by atoms with Gasteiger partial charge in [0.05, 0.1) is 27.9 Å². The van der Waals surface area contributed by atoms with Crippen LogP contribution in [-0.4, -0.2) is 75.6 Å². The fourth-order valence-corrected chi connectivity index (χ4v) is 9.05. The van der Waals surface area contributed by atoms with Crippen molar-refractivity contribution >= 4 is 44.5 Å². The number of carbonyl (C=O) groups excluding carboxylic acids is 3. The van der Waals surface area contributed by atoms with Crippen LogP contribution in [0, 0.1) is 11.7 Å². The molecule has 12 nitrogen and oxygen atoms in total. The molecule has 3 N–H and O–H groups in total. The Morgan fingerprint density at radius 3 is 2.55 bits per heavy atom. The molecule has 0 radical (unpaired) electrons. The first-order chi connectivity index (χ1) is 26.4. The van der Waals surface area contributed by atoms with Crippen LogP contribution in [0.15, 0.2) is 54.6 Å². The number of para-hydroxylation sites is 2. The Morgan fingerprint density at radius 2 is 1.84 bits per heavy atom. The summed E-state index contributed by atoms with van der Waals surface area (Å²) >= 11 is 0. The molecule has 4 aliphatic rings. The van der Waals surface area contributed by atoms with E-state index in [0.29, 0.717) is 56.2 Å². The monoisotopic (exact) mass is 802 g/mol. The minimum absolute atomic E-state index is 0.0328. The molecule has 3 heterocycles. The zero-order chi connectivity index (χ0) is 40.2. The van der Waals surface area contributed by atoms with Crippen LogP contribution in [0.4, 0.5) is 23.2 Å². The minimum Gasteiger partial charge on any atom is -0.459 e. The van der Waals surface area contributed by atoms with Crippen molar-refractivity contribution < 1.29 is 45.1 Å². The van der Waals surface area contributed by atoms with Gasteiger partial charge >= 0.3 is 6.18 Å². The molecule has 0 unspecified atom stereocenters. The van der Waals surface area contributed by atoms with E-state index in [0.717, 1.165) is 11.6 Å². The van der Waals surface area contributed by atoms with Gasteiger partial charge in [0.25, 0.3) is 11.9 Å². The second kappa shape index (κ2) is 14.7. The number of anilines is 1. The molecule has 2 aromatic carbocycles. The van der Waals surface area contributed by atoms with Crippen molar-refractivity contribution in [3.63, 3.8) is 0 Å². The van der Waals surface area contributed by atoms with Crippen LogP contribution in [0.25, 0.3) is 11.0 Å². The molecule has 56 heavy (non-hydrogen) atoms. The number of sulfonamides is 1. The summed E-state index contributed by atoms with van der Waals surface area (Å²) in [5, 5.41) is 5.72. The quantitative estimate of drug-likeness (QED) is 0.186. The largest absolute Gasteiger partial charge is 0.459 e. The summed E-state index contributed by atoms with van der Waals surface area (Å²) in [5.74, 6) is -4.13. The lowest BCUT2D eigenvalue weighted by atomic mass is 10.0. The lowest BCUT2D eigenvalue weighted by Crippen LogP contribution is -2.58. The molecule has 3 aromatic rings. The Morgan fingerprint density at radius 1 is 1.09 bits per heavy atom. The van der Waals surface area contributed by atoms with Crippen LogP contribution in [0.5, 0.6) is 6.01 Å². The summed E-state index contributed by atoms with van der Waals surface area (Å²) in [5.41, 5.74) is -1.71. The third-order valence-electron chi connectivity index (χ3n) is 11.4. The van der Waals surface area contributed by atoms with Crippen molar-refractivity contribution in [3.8, 4) is 6.01 Å². The van der Waals surface area contributed by atoms with E-state index in [9.17, 15) is 40.4 Å². The molecule has 1 aromatic heterocycles. The predicted molar refractivity (Wildman–Crippen MR) is 199 cm³/mol. The predicted octanol–water partition coefficient (Wildman–Crippen LogP) is 6.00. The molecule has 2 saturated carbocycles. The molecule has 0 bridgehead atoms. The van der Waals surface area contributed by atoms with Gasteiger partial charge in [0.2, 0.25) is 21.8 Å². The Labute approximate surface area is 322 Å². The van der Waals surface area contributed by atoms with Crippen molar-refractivity contribution in [1.82, 2.24) is 24.5 Å². The van der Waals surface area contributed by atoms with Crippen LogP contribution in [0.1, 0.15) is 90.2 Å². The highest BCUT2D eigenvalue weighted by molar-refractivity contribution is 7.91. The van der Waals surface area contributed by atoms with Crippen molar-refractivity contribution in [2.24, 2.45) is 5.92 Å². The highest BCUT2D eigenvalue weighted by Crippen LogP contribution is 2.47. The summed E-state index contributed by atoms with van der Waals surface area (Å²) in [6, 6.07) is 7.73. The van der Waals surface area contributed by atoms with E-state index < -0.39 is 79.7 Å². The number of aromatic nitrogens is 2. The molecule has 0 spiro atoms. The smallest absolute Gasteiger partial charge is 0.419 e. The summed E-state index contributed by atoms with van der Waals surface area (Å²) in [6.45, 7) is 5.36. The summed E-state index contributed by atoms with van der Waals surface area (Å²) in [7, 11) is -4.05. The first-order valence-corrected chi connectivity index (χ1v) is 20.5. The lowest BCUT2D eigenvalue weighted by Gasteiger charge is -2.30. The van der Waals surface area contributed by atoms with E-state index in [-0.39, 0.29) is 43.5 Å². The summed E-state index contributed by atoms with van der Waals surface area (Å²) in [6.07, 6.45) is 1.47. The van der Waals surface area contributed by atoms with E-state index in [1.54, 1.807) is 6.92 Å². The van der Waals surface area contributed by atoms with E-state index in [1.807, 2.05) is 54.8 Å². The Balaban J connectivity index is 1.22. The van der Waals surface area contributed by atoms with Crippen LogP contribution in [0.2, 0.25) is 0 Å². The lowest BCUT2D eigenvalue weighted by molar-refractivity contribution is -0.140. The zero-order valence-corrected chi connectivity index (χ0v) is 32.2. The third kappa shape index (κ3) is 7.70. The van der Waals surface area contributed by atoms with Gasteiger partial charge in [-0.25, -0.2) is 12.8 Å². The van der Waals surface area contributed by atoms with Gasteiger partial charge in [0.1, 0.15) is 29.5 Å². The number of imidazole rings is 1. The molecule has 302 valence electrons. The fourth-order valence-electron chi connectivity index (χ4n) is 7.73. The van der Waals surface area contributed by atoms with Gasteiger partial charge in [0, 0.05) is 24.1 Å². The Hall–Kier alpha value is -4.67. The number of ether oxygens (including phenoxy) is 1. The molecule has 3 amide bonds. The average molecular weight is 803 g/mol. The number of nitrogens with zero attached hydrogens (tertiary/aromatic N) is 3. The Bertz CT molecular complexity index is 2170. The van der Waals surface area contributed by atoms with Crippen LogP contribution in [-0.2, 0) is 30.6 Å². The van der Waals surface area contributed by atoms with E-state index in [1.165, 1.54) is 4.90 Å². The number of alkyl halides is 3. The van der Waals surface area contributed by atoms with Crippen molar-refractivity contribution in [2.45, 2.75) is 119 Å². The van der Waals surface area contributed by atoms with E-state index in [4.69, 9.17) is 4.74 Å². The van der Waals surface area contributed by atoms with Crippen molar-refractivity contribution in [2.75, 3.05) is 11.9 Å². The molecule has 5 atom stereocenters. The van der Waals surface area contributed by atoms with Crippen molar-refractivity contribution in [3.05, 3.63) is 66.0 Å². The minimum atomic E-state index is -4.98. The molecule has 2 aliphatic heterocycles. The molecular formula is C39H46F4N6O6S. The van der Waals surface area contributed by atoms with Gasteiger partial charge in [-0.1, -0.05) is 37.1 Å². The number of amides is 3. The Kier molecular flexibility index (Phi) is 10.4. The third-order valence-corrected chi connectivity index (χ3v) is 13.6. The number of nitrogens with one attached hydrogen (secondary N) is 3. The fraction of sp³-hybridized carbons (Fsp3) is 0.538. The summed E-state index contributed by atoms with van der Waals surface area (Å²) in [4.78, 5) is 48.9. The van der Waals surface area contributed by atoms with Gasteiger partial charge < -0.3 is 20.3 Å². The number of hydrogen-bond acceptors (Lipinski definition) is 8. The van der Waals surface area contributed by atoms with Crippen LogP contribution in [0.3, 0.4) is 0 Å². The molecule has 17 heteroatoms. The van der Waals surface area contributed by atoms with Crippen molar-refractivity contribution in [1.29, 1.82) is 0 Å². The topological polar surface area (TPSA) is 152 Å². The molecular weight excluding hydrogens is 757 g/mol. The van der Waals surface area contributed by atoms with Gasteiger partial charge in [-0.05, 0) is 89.6 Å². The SMILES string of the molecule is CC(C)n1c(O[C@@H]2C[C@H]3C(=O)N[C@]4(C(=O)NS(=O)(=O)C5(C)CC5)C[C@H]4C=CCCCCC[C@H](Nc4ccc(F)c(C(F)(F)F)c4)C(=O)N3C2)nc2ccccc21. The second-order valence-electron chi connectivity index (χ2n) is 15.9. The number of fused-ring (bicyclic) bond motifs is 3. The second-order valence-corrected chi connectivity index (χ2v) is 18.1. The maximum absolute atomic E-state index is 14.6. The maximum atomic E-state index is 14.6. The standard InChI is InChI=1S/C39H46F4N6O6S/c1-23(2)49-31-14-10-9-12-29(31)45-36(49)55-26-20-32-33(50)46-38(35(52)47-56(53,54)37(3)17-18-37)21-24(38)11-7-5-4-6-8-13-30(34(51)48(32)22-26)44-25-15-16-28(40)27(19-25)39(41,42)43/h7,9-12,14-16,19,23-24,26,30,32,44H,4-6,8,13,17-18,20-22H2,1-3H3,(H,46,50)(H,47,52)/t24-,26-,30+,32+,38-/m1/s1. The van der Waals surface area contributed by atoms with E-state index >= 15 is 0 Å². The number of carbonyl (C=O) groups is 3. The molecule has 2 aliphatic carbocycles. The number of hydrogen-bond donors (Lipinski definition) is 3. The van der Waals surface area contributed by atoms with Crippen LogP contribution >= 0.6 is 0 Å². The number of allylic oxidation sites excluding steroid dienone is 1. The normalized spacial score (nSPS) is 26.8. The first-order valence-electron chi connectivity index (χ1n) is 19.1. The van der Waals surface area contributed by atoms with Gasteiger partial charge in [0.15, 0.2) is 0 Å². The molecule has 7 rings (SSSR count). The number of halogens is 4. The highest BCUT2D eigenvalue weighted by atomic mass is 32.2.